The number of thiophene rings is 1. The highest BCUT2D eigenvalue weighted by molar-refractivity contribution is 7.25. The zero-order valence-electron chi connectivity index (χ0n) is 9.73. The summed E-state index contributed by atoms with van der Waals surface area (Å²) in [6, 6.07) is 0.353. The maximum absolute atomic E-state index is 5.87. The van der Waals surface area contributed by atoms with Crippen molar-refractivity contribution in [2.45, 2.75) is 26.8 Å². The molecular formula is C11H11ClN4S. The van der Waals surface area contributed by atoms with E-state index in [0.717, 1.165) is 26.4 Å². The van der Waals surface area contributed by atoms with Gasteiger partial charge in [-0.2, -0.15) is 0 Å². The smallest absolute Gasteiger partial charge is 0.223 e. The molecule has 3 rings (SSSR count). The van der Waals surface area contributed by atoms with Crippen LogP contribution in [-0.4, -0.2) is 19.5 Å². The second kappa shape index (κ2) is 3.65. The Balaban J connectivity index is 2.51. The SMILES string of the molecule is Cc1nc2sc3cnc(Cl)nc3c2n1C(C)C. The topological polar surface area (TPSA) is 43.6 Å². The van der Waals surface area contributed by atoms with Crippen LogP contribution in [-0.2, 0) is 0 Å². The van der Waals surface area contributed by atoms with Gasteiger partial charge in [-0.15, -0.1) is 11.3 Å². The third kappa shape index (κ3) is 1.53. The molecule has 17 heavy (non-hydrogen) atoms. The Morgan fingerprint density at radius 1 is 1.35 bits per heavy atom. The summed E-state index contributed by atoms with van der Waals surface area (Å²) in [7, 11) is 0. The van der Waals surface area contributed by atoms with Gasteiger partial charge in [0.1, 0.15) is 21.7 Å². The Morgan fingerprint density at radius 2 is 2.12 bits per heavy atom. The van der Waals surface area contributed by atoms with Crippen molar-refractivity contribution in [1.82, 2.24) is 19.5 Å². The van der Waals surface area contributed by atoms with E-state index in [2.05, 4.69) is 33.4 Å². The molecule has 0 atom stereocenters. The first-order valence-electron chi connectivity index (χ1n) is 5.37. The Bertz CT molecular complexity index is 713. The summed E-state index contributed by atoms with van der Waals surface area (Å²) in [5.41, 5.74) is 1.97. The zero-order chi connectivity index (χ0) is 12.2. The molecule has 0 spiro atoms. The van der Waals surface area contributed by atoms with Crippen LogP contribution in [0.25, 0.3) is 20.6 Å². The van der Waals surface area contributed by atoms with E-state index in [4.69, 9.17) is 11.6 Å². The van der Waals surface area contributed by atoms with Crippen molar-refractivity contribution in [3.63, 3.8) is 0 Å². The van der Waals surface area contributed by atoms with Gasteiger partial charge in [0, 0.05) is 12.2 Å². The lowest BCUT2D eigenvalue weighted by Gasteiger charge is -2.10. The average Bonchev–Trinajstić information content (AvgIpc) is 2.72. The first kappa shape index (κ1) is 10.9. The zero-order valence-corrected chi connectivity index (χ0v) is 11.3. The van der Waals surface area contributed by atoms with E-state index >= 15 is 0 Å². The minimum Gasteiger partial charge on any atom is -0.323 e. The summed E-state index contributed by atoms with van der Waals surface area (Å²) in [6.45, 7) is 6.29. The number of aryl methyl sites for hydroxylation is 1. The fourth-order valence-electron chi connectivity index (χ4n) is 2.13. The highest BCUT2D eigenvalue weighted by Crippen LogP contribution is 2.34. The Kier molecular flexibility index (Phi) is 2.34. The molecule has 4 nitrogen and oxygen atoms in total. The third-order valence-electron chi connectivity index (χ3n) is 2.73. The molecule has 0 aliphatic carbocycles. The number of imidazole rings is 1. The van der Waals surface area contributed by atoms with Crippen molar-refractivity contribution < 1.29 is 0 Å². The van der Waals surface area contributed by atoms with Crippen LogP contribution in [0.5, 0.6) is 0 Å². The highest BCUT2D eigenvalue weighted by atomic mass is 35.5. The molecule has 3 heterocycles. The minimum atomic E-state index is 0.284. The molecule has 0 bridgehead atoms. The number of rotatable bonds is 1. The van der Waals surface area contributed by atoms with Gasteiger partial charge in [-0.3, -0.25) is 0 Å². The third-order valence-corrected chi connectivity index (χ3v) is 3.91. The first-order valence-corrected chi connectivity index (χ1v) is 6.57. The second-order valence-corrected chi connectivity index (χ2v) is 5.60. The fraction of sp³-hybridized carbons (Fsp3) is 0.364. The lowest BCUT2D eigenvalue weighted by molar-refractivity contribution is 0.601. The summed E-state index contributed by atoms with van der Waals surface area (Å²) in [5.74, 6) is 1.01. The van der Waals surface area contributed by atoms with Crippen LogP contribution in [0.3, 0.4) is 0 Å². The average molecular weight is 267 g/mol. The van der Waals surface area contributed by atoms with Gasteiger partial charge in [0.2, 0.25) is 5.28 Å². The van der Waals surface area contributed by atoms with Crippen LogP contribution in [0, 0.1) is 6.92 Å². The van der Waals surface area contributed by atoms with Crippen LogP contribution >= 0.6 is 22.9 Å². The lowest BCUT2D eigenvalue weighted by Crippen LogP contribution is -2.03. The van der Waals surface area contributed by atoms with Gasteiger partial charge >= 0.3 is 0 Å². The molecule has 0 aliphatic heterocycles. The molecule has 3 aromatic rings. The summed E-state index contributed by atoms with van der Waals surface area (Å²) < 4.78 is 3.22. The van der Waals surface area contributed by atoms with Crippen LogP contribution in [0.4, 0.5) is 0 Å². The molecular weight excluding hydrogens is 256 g/mol. The van der Waals surface area contributed by atoms with Crippen molar-refractivity contribution in [3.8, 4) is 0 Å². The largest absolute Gasteiger partial charge is 0.323 e. The summed E-state index contributed by atoms with van der Waals surface area (Å²) >= 11 is 7.47. The molecule has 88 valence electrons. The van der Waals surface area contributed by atoms with Gasteiger partial charge < -0.3 is 4.57 Å². The van der Waals surface area contributed by atoms with E-state index < -0.39 is 0 Å². The van der Waals surface area contributed by atoms with E-state index in [9.17, 15) is 0 Å². The van der Waals surface area contributed by atoms with Gasteiger partial charge in [-0.1, -0.05) is 0 Å². The number of nitrogens with zero attached hydrogens (tertiary/aromatic N) is 4. The van der Waals surface area contributed by atoms with E-state index in [1.165, 1.54) is 0 Å². The summed E-state index contributed by atoms with van der Waals surface area (Å²) in [4.78, 5) is 13.9. The summed E-state index contributed by atoms with van der Waals surface area (Å²) in [5, 5.41) is 0.284. The number of hydrogen-bond acceptors (Lipinski definition) is 4. The van der Waals surface area contributed by atoms with Crippen molar-refractivity contribution in [1.29, 1.82) is 0 Å². The second-order valence-electron chi connectivity index (χ2n) is 4.23. The molecule has 0 aliphatic rings. The molecule has 0 amide bonds. The molecule has 0 radical (unpaired) electrons. The molecule has 0 aromatic carbocycles. The quantitative estimate of drug-likeness (QED) is 0.632. The molecule has 3 aromatic heterocycles. The molecule has 0 fully saturated rings. The number of aromatic nitrogens is 4. The minimum absolute atomic E-state index is 0.284. The Labute approximate surface area is 107 Å². The maximum Gasteiger partial charge on any atom is 0.223 e. The van der Waals surface area contributed by atoms with Crippen molar-refractivity contribution in [3.05, 3.63) is 17.3 Å². The van der Waals surface area contributed by atoms with Gasteiger partial charge in [0.15, 0.2) is 0 Å². The predicted molar refractivity (Wildman–Crippen MR) is 70.8 cm³/mol. The van der Waals surface area contributed by atoms with Crippen LogP contribution < -0.4 is 0 Å². The summed E-state index contributed by atoms with van der Waals surface area (Å²) in [6.07, 6.45) is 1.76. The molecule has 0 saturated heterocycles. The van der Waals surface area contributed by atoms with Gasteiger partial charge in [0.25, 0.3) is 0 Å². The monoisotopic (exact) mass is 266 g/mol. The predicted octanol–water partition coefficient (Wildman–Crippen LogP) is 3.58. The van der Waals surface area contributed by atoms with Gasteiger partial charge in [-0.05, 0) is 32.4 Å². The van der Waals surface area contributed by atoms with E-state index in [1.54, 1.807) is 17.5 Å². The highest BCUT2D eigenvalue weighted by Gasteiger charge is 2.17. The molecule has 0 N–H and O–H groups in total. The van der Waals surface area contributed by atoms with Gasteiger partial charge in [-0.25, -0.2) is 15.0 Å². The van der Waals surface area contributed by atoms with E-state index in [-0.39, 0.29) is 5.28 Å². The van der Waals surface area contributed by atoms with Crippen molar-refractivity contribution in [2.75, 3.05) is 0 Å². The first-order chi connectivity index (χ1) is 8.08. The lowest BCUT2D eigenvalue weighted by atomic mass is 10.3. The number of hydrogen-bond donors (Lipinski definition) is 0. The van der Waals surface area contributed by atoms with Crippen LogP contribution in [0.2, 0.25) is 5.28 Å². The Hall–Kier alpha value is -1.20. The van der Waals surface area contributed by atoms with Crippen LogP contribution in [0.1, 0.15) is 25.7 Å². The Morgan fingerprint density at radius 3 is 2.82 bits per heavy atom. The van der Waals surface area contributed by atoms with E-state index in [1.807, 2.05) is 6.92 Å². The molecule has 0 unspecified atom stereocenters. The van der Waals surface area contributed by atoms with E-state index in [0.29, 0.717) is 6.04 Å². The molecule has 0 saturated carbocycles. The van der Waals surface area contributed by atoms with Crippen LogP contribution in [0.15, 0.2) is 6.20 Å². The van der Waals surface area contributed by atoms with Crippen molar-refractivity contribution in [2.24, 2.45) is 0 Å². The molecule has 6 heteroatoms. The number of halogens is 1. The maximum atomic E-state index is 5.87. The van der Waals surface area contributed by atoms with Gasteiger partial charge in [0.05, 0.1) is 4.70 Å². The number of fused-ring (bicyclic) bond motifs is 3. The fourth-order valence-corrected chi connectivity index (χ4v) is 3.29. The van der Waals surface area contributed by atoms with Crippen molar-refractivity contribution >= 4 is 43.5 Å². The normalized spacial score (nSPS) is 12.1. The standard InChI is InChI=1S/C11H11ClN4S/c1-5(2)16-6(3)14-10-9(16)8-7(17-10)4-13-11(12)15-8/h4-5H,1-3H3.